The Hall–Kier alpha value is -1.31. The Balaban J connectivity index is 2.95. The molecule has 5 N–H and O–H groups in total. The summed E-state index contributed by atoms with van der Waals surface area (Å²) in [7, 11) is 0.244. The number of hydrogen-bond donors (Lipinski definition) is 3. The quantitative estimate of drug-likeness (QED) is 0.678. The van der Waals surface area contributed by atoms with Crippen molar-refractivity contribution < 1.29 is 8.42 Å². The fourth-order valence-corrected chi connectivity index (χ4v) is 2.57. The van der Waals surface area contributed by atoms with Gasteiger partial charge in [0.2, 0.25) is 10.0 Å². The summed E-state index contributed by atoms with van der Waals surface area (Å²) in [6.07, 6.45) is 0. The number of nitrogens with one attached hydrogen (secondary N) is 1. The lowest BCUT2D eigenvalue weighted by atomic mass is 10.0. The normalized spacial score (nSPS) is 13.8. The highest BCUT2D eigenvalue weighted by molar-refractivity contribution is 7.89. The fraction of sp³-hybridized carbons (Fsp3) is 0.538. The molecule has 1 rings (SSSR count). The van der Waals surface area contributed by atoms with E-state index in [0.29, 0.717) is 5.92 Å². The van der Waals surface area contributed by atoms with Crippen LogP contribution in [0, 0.1) is 5.92 Å². The molecule has 1 unspecified atom stereocenters. The average molecular weight is 300 g/mol. The second-order valence-electron chi connectivity index (χ2n) is 5.55. The topological polar surface area (TPSA) is 101 Å². The molecular formula is C13H24N4O2S. The summed E-state index contributed by atoms with van der Waals surface area (Å²) in [6, 6.07) is 4.95. The van der Waals surface area contributed by atoms with Gasteiger partial charge in [-0.15, -0.1) is 0 Å². The zero-order chi connectivity index (χ0) is 15.5. The highest BCUT2D eigenvalue weighted by Crippen LogP contribution is 2.22. The Morgan fingerprint density at radius 2 is 1.90 bits per heavy atom. The van der Waals surface area contributed by atoms with Gasteiger partial charge in [0.05, 0.1) is 5.69 Å². The predicted octanol–water partition coefficient (Wildman–Crippen LogP) is 0.914. The molecule has 0 fully saturated rings. The molecule has 7 heteroatoms. The molecule has 0 saturated carbocycles. The van der Waals surface area contributed by atoms with Crippen molar-refractivity contribution in [3.8, 4) is 0 Å². The van der Waals surface area contributed by atoms with Gasteiger partial charge in [-0.25, -0.2) is 13.6 Å². The zero-order valence-electron chi connectivity index (χ0n) is 12.4. The number of benzene rings is 1. The van der Waals surface area contributed by atoms with Crippen LogP contribution in [-0.2, 0) is 10.0 Å². The molecule has 0 heterocycles. The van der Waals surface area contributed by atoms with Gasteiger partial charge in [-0.1, -0.05) is 13.8 Å². The van der Waals surface area contributed by atoms with Gasteiger partial charge >= 0.3 is 0 Å². The van der Waals surface area contributed by atoms with E-state index in [1.165, 1.54) is 6.07 Å². The number of nitrogen functional groups attached to an aromatic ring is 1. The first-order valence-corrected chi connectivity index (χ1v) is 7.99. The smallest absolute Gasteiger partial charge is 0.240 e. The highest BCUT2D eigenvalue weighted by atomic mass is 32.2. The number of likely N-dealkylation sites (N-methyl/N-ethyl adjacent to an activating group) is 1. The van der Waals surface area contributed by atoms with Gasteiger partial charge in [0.1, 0.15) is 4.90 Å². The summed E-state index contributed by atoms with van der Waals surface area (Å²) in [5, 5.41) is 8.46. The standard InChI is InChI=1S/C13H24N4O2S/c1-9(2)12(8-17(3)4)16-10-5-6-13(11(14)7-10)20(15,18)19/h5-7,9,12,16H,8,14H2,1-4H3,(H2,15,18,19). The summed E-state index contributed by atoms with van der Waals surface area (Å²) in [4.78, 5) is 2.05. The number of nitrogens with zero attached hydrogens (tertiary/aromatic N) is 1. The molecule has 0 aliphatic heterocycles. The van der Waals surface area contributed by atoms with Crippen molar-refractivity contribution in [2.75, 3.05) is 31.7 Å². The van der Waals surface area contributed by atoms with E-state index in [9.17, 15) is 8.42 Å². The number of rotatable bonds is 6. The van der Waals surface area contributed by atoms with E-state index in [4.69, 9.17) is 10.9 Å². The van der Waals surface area contributed by atoms with Crippen LogP contribution in [0.15, 0.2) is 23.1 Å². The van der Waals surface area contributed by atoms with E-state index in [0.717, 1.165) is 12.2 Å². The van der Waals surface area contributed by atoms with Crippen molar-refractivity contribution in [1.29, 1.82) is 0 Å². The molecule has 0 aromatic heterocycles. The summed E-state index contributed by atoms with van der Waals surface area (Å²) in [5.74, 6) is 0.427. The molecule has 0 spiro atoms. The van der Waals surface area contributed by atoms with Crippen LogP contribution in [-0.4, -0.2) is 40.0 Å². The molecule has 1 atom stereocenters. The molecule has 6 nitrogen and oxygen atoms in total. The second kappa shape index (κ2) is 6.43. The van der Waals surface area contributed by atoms with Gasteiger partial charge in [0.25, 0.3) is 0 Å². The van der Waals surface area contributed by atoms with E-state index in [2.05, 4.69) is 24.1 Å². The molecule has 20 heavy (non-hydrogen) atoms. The minimum atomic E-state index is -3.78. The van der Waals surface area contributed by atoms with Crippen molar-refractivity contribution in [3.05, 3.63) is 18.2 Å². The van der Waals surface area contributed by atoms with E-state index in [1.54, 1.807) is 12.1 Å². The van der Waals surface area contributed by atoms with Crippen LogP contribution in [0.1, 0.15) is 13.8 Å². The maximum Gasteiger partial charge on any atom is 0.240 e. The lowest BCUT2D eigenvalue weighted by molar-refractivity contribution is 0.344. The SMILES string of the molecule is CC(C)C(CN(C)C)Nc1ccc(S(N)(=O)=O)c(N)c1. The molecule has 0 aliphatic carbocycles. The molecular weight excluding hydrogens is 276 g/mol. The predicted molar refractivity (Wildman–Crippen MR) is 83.0 cm³/mol. The van der Waals surface area contributed by atoms with Gasteiger partial charge in [0.15, 0.2) is 0 Å². The number of primary sulfonamides is 1. The van der Waals surface area contributed by atoms with Crippen LogP contribution in [0.3, 0.4) is 0 Å². The highest BCUT2D eigenvalue weighted by Gasteiger charge is 2.16. The fourth-order valence-electron chi connectivity index (χ4n) is 1.93. The molecule has 0 aliphatic rings. The number of anilines is 2. The first-order chi connectivity index (χ1) is 9.11. The summed E-state index contributed by atoms with van der Waals surface area (Å²) < 4.78 is 22.6. The second-order valence-corrected chi connectivity index (χ2v) is 7.08. The first-order valence-electron chi connectivity index (χ1n) is 6.45. The largest absolute Gasteiger partial charge is 0.398 e. The van der Waals surface area contributed by atoms with Gasteiger partial charge in [0, 0.05) is 18.3 Å². The Kier molecular flexibility index (Phi) is 5.38. The van der Waals surface area contributed by atoms with Crippen LogP contribution >= 0.6 is 0 Å². The van der Waals surface area contributed by atoms with Gasteiger partial charge in [-0.05, 0) is 38.2 Å². The Morgan fingerprint density at radius 3 is 2.30 bits per heavy atom. The average Bonchev–Trinajstić information content (AvgIpc) is 2.25. The van der Waals surface area contributed by atoms with Gasteiger partial charge in [-0.2, -0.15) is 0 Å². The van der Waals surface area contributed by atoms with E-state index < -0.39 is 10.0 Å². The van der Waals surface area contributed by atoms with E-state index in [1.807, 2.05) is 14.1 Å². The maximum absolute atomic E-state index is 11.3. The van der Waals surface area contributed by atoms with Crippen molar-refractivity contribution >= 4 is 21.4 Å². The van der Waals surface area contributed by atoms with Gasteiger partial charge < -0.3 is 16.0 Å². The number of hydrogen-bond acceptors (Lipinski definition) is 5. The summed E-state index contributed by atoms with van der Waals surface area (Å²) in [5.41, 5.74) is 6.70. The number of sulfonamides is 1. The van der Waals surface area contributed by atoms with Crippen LogP contribution < -0.4 is 16.2 Å². The van der Waals surface area contributed by atoms with Crippen molar-refractivity contribution in [2.24, 2.45) is 11.1 Å². The number of nitrogens with two attached hydrogens (primary N) is 2. The molecule has 0 radical (unpaired) electrons. The zero-order valence-corrected chi connectivity index (χ0v) is 13.2. The molecule has 0 amide bonds. The lowest BCUT2D eigenvalue weighted by Gasteiger charge is -2.26. The minimum absolute atomic E-state index is 0.0447. The van der Waals surface area contributed by atoms with Crippen molar-refractivity contribution in [3.63, 3.8) is 0 Å². The van der Waals surface area contributed by atoms with Crippen LogP contribution in [0.5, 0.6) is 0 Å². The van der Waals surface area contributed by atoms with E-state index in [-0.39, 0.29) is 16.6 Å². The minimum Gasteiger partial charge on any atom is -0.398 e. The first kappa shape index (κ1) is 16.7. The summed E-state index contributed by atoms with van der Waals surface area (Å²) in [6.45, 7) is 5.13. The lowest BCUT2D eigenvalue weighted by Crippen LogP contribution is -2.36. The van der Waals surface area contributed by atoms with Crippen molar-refractivity contribution in [2.45, 2.75) is 24.8 Å². The Morgan fingerprint density at radius 1 is 1.30 bits per heavy atom. The Bertz CT molecular complexity index is 555. The van der Waals surface area contributed by atoms with Gasteiger partial charge in [-0.3, -0.25) is 0 Å². The van der Waals surface area contributed by atoms with Crippen LogP contribution in [0.2, 0.25) is 0 Å². The van der Waals surface area contributed by atoms with Crippen LogP contribution in [0.25, 0.3) is 0 Å². The Labute approximate surface area is 121 Å². The molecule has 0 bridgehead atoms. The molecule has 114 valence electrons. The molecule has 0 saturated heterocycles. The third-order valence-electron chi connectivity index (χ3n) is 3.03. The van der Waals surface area contributed by atoms with E-state index >= 15 is 0 Å². The third-order valence-corrected chi connectivity index (χ3v) is 4.02. The van der Waals surface area contributed by atoms with Crippen molar-refractivity contribution in [1.82, 2.24) is 4.90 Å². The molecule has 1 aromatic carbocycles. The van der Waals surface area contributed by atoms with Crippen LogP contribution in [0.4, 0.5) is 11.4 Å². The summed E-state index contributed by atoms with van der Waals surface area (Å²) >= 11 is 0. The molecule has 1 aromatic rings. The monoisotopic (exact) mass is 300 g/mol. The third kappa shape index (κ3) is 4.66. The maximum atomic E-state index is 11.3.